The Morgan fingerprint density at radius 1 is 1.46 bits per heavy atom. The third kappa shape index (κ3) is 4.44. The van der Waals surface area contributed by atoms with Gasteiger partial charge in [0.1, 0.15) is 17.0 Å². The number of nitrogens with one attached hydrogen (secondary N) is 2. The molecule has 0 aliphatic carbocycles. The fourth-order valence-electron chi connectivity index (χ4n) is 2.91. The first-order chi connectivity index (χ1) is 13.4. The average molecular weight is 408 g/mol. The predicted molar refractivity (Wildman–Crippen MR) is 104 cm³/mol. The number of anilines is 1. The van der Waals surface area contributed by atoms with Crippen LogP contribution < -0.4 is 15.6 Å². The van der Waals surface area contributed by atoms with E-state index in [1.807, 2.05) is 6.92 Å². The van der Waals surface area contributed by atoms with Gasteiger partial charge >= 0.3 is 6.09 Å². The van der Waals surface area contributed by atoms with E-state index >= 15 is 0 Å². The monoisotopic (exact) mass is 408 g/mol. The van der Waals surface area contributed by atoms with Crippen molar-refractivity contribution in [3.63, 3.8) is 0 Å². The summed E-state index contributed by atoms with van der Waals surface area (Å²) in [6.45, 7) is 3.76. The van der Waals surface area contributed by atoms with Gasteiger partial charge in [0.25, 0.3) is 5.91 Å². The first-order valence-electron chi connectivity index (χ1n) is 8.95. The molecule has 2 aliphatic heterocycles. The zero-order valence-electron chi connectivity index (χ0n) is 15.5. The maximum Gasteiger partial charge on any atom is 0.414 e. The Kier molecular flexibility index (Phi) is 6.18. The van der Waals surface area contributed by atoms with E-state index in [0.29, 0.717) is 17.2 Å². The largest absolute Gasteiger partial charge is 0.442 e. The van der Waals surface area contributed by atoms with Crippen LogP contribution in [0.4, 0.5) is 14.9 Å². The Labute approximate surface area is 165 Å². The highest BCUT2D eigenvalue weighted by molar-refractivity contribution is 8.15. The zero-order chi connectivity index (χ0) is 20.3. The highest BCUT2D eigenvalue weighted by Gasteiger charge is 2.33. The molecule has 150 valence electrons. The number of halogens is 1. The number of nitrogens with zero attached hydrogens (tertiary/aromatic N) is 2. The lowest BCUT2D eigenvalue weighted by Gasteiger charge is -2.21. The van der Waals surface area contributed by atoms with Crippen LogP contribution in [-0.2, 0) is 14.3 Å². The first kappa shape index (κ1) is 20.1. The molecule has 0 radical (unpaired) electrons. The van der Waals surface area contributed by atoms with Gasteiger partial charge in [-0.25, -0.2) is 14.6 Å². The summed E-state index contributed by atoms with van der Waals surface area (Å²) in [5.41, 5.74) is 3.06. The van der Waals surface area contributed by atoms with Gasteiger partial charge in [-0.1, -0.05) is 25.1 Å². The highest BCUT2D eigenvalue weighted by atomic mass is 32.2. The van der Waals surface area contributed by atoms with Gasteiger partial charge in [0.05, 0.1) is 24.0 Å². The normalized spacial score (nSPS) is 21.8. The average Bonchev–Trinajstić information content (AvgIpc) is 3.03. The van der Waals surface area contributed by atoms with Gasteiger partial charge in [0, 0.05) is 12.5 Å². The van der Waals surface area contributed by atoms with E-state index in [0.717, 1.165) is 6.42 Å². The minimum absolute atomic E-state index is 0.183. The third-order valence-corrected chi connectivity index (χ3v) is 5.58. The summed E-state index contributed by atoms with van der Waals surface area (Å²) in [5, 5.41) is 6.65. The molecule has 8 nitrogen and oxygen atoms in total. The van der Waals surface area contributed by atoms with E-state index in [9.17, 15) is 18.8 Å². The number of hydrogen-bond donors (Lipinski definition) is 2. The third-order valence-electron chi connectivity index (χ3n) is 4.31. The molecular weight excluding hydrogens is 387 g/mol. The van der Waals surface area contributed by atoms with Crippen molar-refractivity contribution >= 4 is 40.4 Å². The number of hydrogen-bond acceptors (Lipinski definition) is 6. The molecule has 0 saturated carbocycles. The van der Waals surface area contributed by atoms with Crippen molar-refractivity contribution in [2.45, 2.75) is 38.0 Å². The van der Waals surface area contributed by atoms with Gasteiger partial charge in [0.2, 0.25) is 5.91 Å². The van der Waals surface area contributed by atoms with Gasteiger partial charge in [-0.3, -0.25) is 14.5 Å². The van der Waals surface area contributed by atoms with E-state index < -0.39 is 18.0 Å². The number of thioether (sulfide) groups is 1. The van der Waals surface area contributed by atoms with Crippen molar-refractivity contribution in [1.29, 1.82) is 0 Å². The van der Waals surface area contributed by atoms with Crippen molar-refractivity contribution in [1.82, 2.24) is 10.7 Å². The summed E-state index contributed by atoms with van der Waals surface area (Å²) >= 11 is 1.23. The Morgan fingerprint density at radius 3 is 2.93 bits per heavy atom. The van der Waals surface area contributed by atoms with Crippen molar-refractivity contribution in [2.75, 3.05) is 18.0 Å². The SMILES string of the molecule is CCCC1SC(c2ccc(N3C[C@H](CNC(C)=O)OC3=O)cc2F)=NNC1=O. The lowest BCUT2D eigenvalue weighted by Crippen LogP contribution is -2.35. The Balaban J connectivity index is 1.73. The predicted octanol–water partition coefficient (Wildman–Crippen LogP) is 1.98. The molecule has 1 saturated heterocycles. The zero-order valence-corrected chi connectivity index (χ0v) is 16.3. The number of hydrazone groups is 1. The maximum absolute atomic E-state index is 14.7. The van der Waals surface area contributed by atoms with Crippen LogP contribution >= 0.6 is 11.8 Å². The van der Waals surface area contributed by atoms with Crippen LogP contribution in [0.3, 0.4) is 0 Å². The molecule has 3 rings (SSSR count). The van der Waals surface area contributed by atoms with Gasteiger partial charge in [-0.05, 0) is 24.6 Å². The second-order valence-corrected chi connectivity index (χ2v) is 7.70. The molecule has 0 spiro atoms. The number of amides is 3. The van der Waals surface area contributed by atoms with Crippen molar-refractivity contribution in [2.24, 2.45) is 5.10 Å². The smallest absolute Gasteiger partial charge is 0.414 e. The molecule has 0 aromatic heterocycles. The summed E-state index contributed by atoms with van der Waals surface area (Å²) in [6.07, 6.45) is 0.408. The minimum atomic E-state index is -0.595. The summed E-state index contributed by atoms with van der Waals surface area (Å²) in [7, 11) is 0. The van der Waals surface area contributed by atoms with Crippen LogP contribution in [0.1, 0.15) is 32.3 Å². The molecule has 1 aromatic rings. The lowest BCUT2D eigenvalue weighted by atomic mass is 10.2. The molecule has 1 fully saturated rings. The minimum Gasteiger partial charge on any atom is -0.442 e. The Hall–Kier alpha value is -2.62. The molecule has 2 atom stereocenters. The van der Waals surface area contributed by atoms with Gasteiger partial charge in [-0.15, -0.1) is 0 Å². The number of carbonyl (C=O) groups excluding carboxylic acids is 3. The molecule has 10 heteroatoms. The van der Waals surface area contributed by atoms with Crippen molar-refractivity contribution < 1.29 is 23.5 Å². The Morgan fingerprint density at radius 2 is 2.25 bits per heavy atom. The number of cyclic esters (lactones) is 1. The molecule has 28 heavy (non-hydrogen) atoms. The maximum atomic E-state index is 14.7. The van der Waals surface area contributed by atoms with Gasteiger partial charge < -0.3 is 10.1 Å². The fraction of sp³-hybridized carbons (Fsp3) is 0.444. The van der Waals surface area contributed by atoms with Crippen molar-refractivity contribution in [3.05, 3.63) is 29.6 Å². The number of ether oxygens (including phenoxy) is 1. The molecule has 2 aliphatic rings. The van der Waals surface area contributed by atoms with Gasteiger partial charge in [-0.2, -0.15) is 5.10 Å². The fourth-order valence-corrected chi connectivity index (χ4v) is 4.08. The van der Waals surface area contributed by atoms with E-state index in [1.165, 1.54) is 35.7 Å². The van der Waals surface area contributed by atoms with E-state index in [1.54, 1.807) is 6.07 Å². The lowest BCUT2D eigenvalue weighted by molar-refractivity contribution is -0.121. The standard InChI is InChI=1S/C18H21FN4O4S/c1-3-4-15-16(25)21-22-17(28-15)13-6-5-11(7-14(13)19)23-9-12(27-18(23)26)8-20-10(2)24/h5-7,12,15H,3-4,8-9H2,1-2H3,(H,20,24)(H,21,25)/t12-,15?/m0/s1. The van der Waals surface area contributed by atoms with Crippen LogP contribution in [0.2, 0.25) is 0 Å². The molecular formula is C18H21FN4O4S. The second kappa shape index (κ2) is 8.59. The summed E-state index contributed by atoms with van der Waals surface area (Å²) < 4.78 is 19.9. The van der Waals surface area contributed by atoms with E-state index in [2.05, 4.69) is 15.8 Å². The van der Waals surface area contributed by atoms with Crippen LogP contribution in [0.25, 0.3) is 0 Å². The second-order valence-electron chi connectivity index (χ2n) is 6.51. The van der Waals surface area contributed by atoms with Crippen LogP contribution in [0, 0.1) is 5.82 Å². The number of carbonyl (C=O) groups is 3. The van der Waals surface area contributed by atoms with E-state index in [4.69, 9.17) is 4.74 Å². The molecule has 2 N–H and O–H groups in total. The molecule has 1 aromatic carbocycles. The molecule has 3 amide bonds. The summed E-state index contributed by atoms with van der Waals surface area (Å²) in [4.78, 5) is 36.2. The summed E-state index contributed by atoms with van der Waals surface area (Å²) in [5.74, 6) is -0.949. The first-order valence-corrected chi connectivity index (χ1v) is 9.83. The number of benzene rings is 1. The van der Waals surface area contributed by atoms with Crippen LogP contribution in [0.15, 0.2) is 23.3 Å². The highest BCUT2D eigenvalue weighted by Crippen LogP contribution is 2.29. The topological polar surface area (TPSA) is 100 Å². The quantitative estimate of drug-likeness (QED) is 0.750. The Bertz CT molecular complexity index is 832. The van der Waals surface area contributed by atoms with Crippen molar-refractivity contribution in [3.8, 4) is 0 Å². The van der Waals surface area contributed by atoms with E-state index in [-0.39, 0.29) is 35.7 Å². The summed E-state index contributed by atoms with van der Waals surface area (Å²) in [6, 6.07) is 4.38. The number of rotatable bonds is 6. The van der Waals surface area contributed by atoms with Crippen LogP contribution in [-0.4, -0.2) is 47.4 Å². The molecule has 2 heterocycles. The van der Waals surface area contributed by atoms with Crippen LogP contribution in [0.5, 0.6) is 0 Å². The molecule has 1 unspecified atom stereocenters. The van der Waals surface area contributed by atoms with Gasteiger partial charge in [0.15, 0.2) is 0 Å². The molecule has 0 bridgehead atoms.